The minimum atomic E-state index is -2.47. The van der Waals surface area contributed by atoms with Gasteiger partial charge in [0.05, 0.1) is 0 Å². The number of carbonyl (C=O) groups is 1. The van der Waals surface area contributed by atoms with Crippen LogP contribution in [0.5, 0.6) is 0 Å². The number of carbonyl (C=O) groups excluding carboxylic acids is 1. The van der Waals surface area contributed by atoms with Crippen LogP contribution in [0.4, 0.5) is 13.6 Å². The van der Waals surface area contributed by atoms with Crippen LogP contribution in [0.3, 0.4) is 0 Å². The molecule has 0 bridgehead atoms. The van der Waals surface area contributed by atoms with Crippen molar-refractivity contribution in [1.82, 2.24) is 5.32 Å². The molecule has 5 heteroatoms. The van der Waals surface area contributed by atoms with Gasteiger partial charge >= 0.3 is 6.09 Å². The van der Waals surface area contributed by atoms with E-state index in [4.69, 9.17) is 4.74 Å². The highest BCUT2D eigenvalue weighted by Crippen LogP contribution is 2.44. The average molecular weight is 405 g/mol. The molecular weight excluding hydrogens is 384 g/mol. The van der Waals surface area contributed by atoms with Crippen LogP contribution in [0.15, 0.2) is 78.9 Å². The van der Waals surface area contributed by atoms with E-state index in [9.17, 15) is 13.6 Å². The number of nitrogens with one attached hydrogen (secondary N) is 1. The smallest absolute Gasteiger partial charge is 0.407 e. The van der Waals surface area contributed by atoms with E-state index < -0.39 is 12.5 Å². The van der Waals surface area contributed by atoms with Gasteiger partial charge in [-0.15, -0.1) is 0 Å². The zero-order chi connectivity index (χ0) is 20.9. The van der Waals surface area contributed by atoms with Crippen molar-refractivity contribution in [1.29, 1.82) is 0 Å². The Bertz CT molecular complexity index is 1020. The Morgan fingerprint density at radius 2 is 1.53 bits per heavy atom. The van der Waals surface area contributed by atoms with Gasteiger partial charge in [0.25, 0.3) is 6.43 Å². The molecule has 0 unspecified atom stereocenters. The van der Waals surface area contributed by atoms with E-state index in [1.54, 1.807) is 24.3 Å². The third-order valence-electron chi connectivity index (χ3n) is 5.21. The number of ether oxygens (including phenoxy) is 1. The summed E-state index contributed by atoms with van der Waals surface area (Å²) < 4.78 is 30.6. The van der Waals surface area contributed by atoms with Crippen LogP contribution in [-0.2, 0) is 4.74 Å². The number of hydrogen-bond donors (Lipinski definition) is 1. The second kappa shape index (κ2) is 8.91. The fourth-order valence-corrected chi connectivity index (χ4v) is 3.74. The second-order valence-electron chi connectivity index (χ2n) is 7.08. The predicted molar refractivity (Wildman–Crippen MR) is 114 cm³/mol. The lowest BCUT2D eigenvalue weighted by Gasteiger charge is -2.14. The van der Waals surface area contributed by atoms with Crippen LogP contribution in [-0.4, -0.2) is 19.2 Å². The summed E-state index contributed by atoms with van der Waals surface area (Å²) in [5, 5.41) is 2.69. The molecule has 0 spiro atoms. The average Bonchev–Trinajstić information content (AvgIpc) is 3.09. The standard InChI is InChI=1S/C25H21F2NO2/c26-24(27)18-13-11-17(12-14-18)6-5-15-28-25(29)30-16-23-21-9-3-1-7-19(21)20-8-2-4-10-22(20)23/h1-14,23-24H,15-16H2,(H,28,29). The van der Waals surface area contributed by atoms with Crippen LogP contribution in [0, 0.1) is 0 Å². The molecule has 3 nitrogen and oxygen atoms in total. The number of halogens is 2. The van der Waals surface area contributed by atoms with E-state index in [-0.39, 0.29) is 24.6 Å². The molecule has 0 radical (unpaired) electrons. The first-order valence-electron chi connectivity index (χ1n) is 9.77. The highest BCUT2D eigenvalue weighted by Gasteiger charge is 2.28. The lowest BCUT2D eigenvalue weighted by atomic mass is 9.98. The van der Waals surface area contributed by atoms with Gasteiger partial charge in [0.15, 0.2) is 0 Å². The van der Waals surface area contributed by atoms with Gasteiger partial charge in [-0.1, -0.05) is 84.9 Å². The summed E-state index contributed by atoms with van der Waals surface area (Å²) in [6, 6.07) is 22.4. The van der Waals surface area contributed by atoms with E-state index in [2.05, 4.69) is 29.6 Å². The normalized spacial score (nSPS) is 12.8. The molecule has 30 heavy (non-hydrogen) atoms. The van der Waals surface area contributed by atoms with Crippen molar-refractivity contribution < 1.29 is 18.3 Å². The van der Waals surface area contributed by atoms with Crippen molar-refractivity contribution in [3.8, 4) is 11.1 Å². The number of alkyl halides is 2. The van der Waals surface area contributed by atoms with E-state index in [1.807, 2.05) is 24.3 Å². The third kappa shape index (κ3) is 4.25. The molecule has 0 fully saturated rings. The highest BCUT2D eigenvalue weighted by molar-refractivity contribution is 5.79. The molecule has 0 aliphatic heterocycles. The Balaban J connectivity index is 1.30. The molecule has 4 rings (SSSR count). The van der Waals surface area contributed by atoms with Gasteiger partial charge in [0.2, 0.25) is 0 Å². The maximum atomic E-state index is 12.6. The van der Waals surface area contributed by atoms with E-state index in [0.29, 0.717) is 0 Å². The number of alkyl carbamates (subject to hydrolysis) is 1. The second-order valence-corrected chi connectivity index (χ2v) is 7.08. The molecule has 152 valence electrons. The summed E-state index contributed by atoms with van der Waals surface area (Å²) in [6.45, 7) is 0.548. The van der Waals surface area contributed by atoms with Crippen LogP contribution in [0.1, 0.15) is 34.6 Å². The van der Waals surface area contributed by atoms with Crippen molar-refractivity contribution in [2.24, 2.45) is 0 Å². The molecule has 0 saturated carbocycles. The quantitative estimate of drug-likeness (QED) is 0.532. The number of benzene rings is 3. The summed E-state index contributed by atoms with van der Waals surface area (Å²) in [5.41, 5.74) is 5.47. The summed E-state index contributed by atoms with van der Waals surface area (Å²) in [4.78, 5) is 12.1. The summed E-state index contributed by atoms with van der Waals surface area (Å²) >= 11 is 0. The van der Waals surface area contributed by atoms with Gasteiger partial charge in [-0.05, 0) is 27.8 Å². The van der Waals surface area contributed by atoms with Gasteiger partial charge in [-0.3, -0.25) is 0 Å². The Labute approximate surface area is 174 Å². The maximum absolute atomic E-state index is 12.6. The minimum Gasteiger partial charge on any atom is -0.449 e. The lowest BCUT2D eigenvalue weighted by Crippen LogP contribution is -2.26. The van der Waals surface area contributed by atoms with Crippen LogP contribution in [0.2, 0.25) is 0 Å². The van der Waals surface area contributed by atoms with E-state index in [0.717, 1.165) is 5.56 Å². The first-order chi connectivity index (χ1) is 14.6. The maximum Gasteiger partial charge on any atom is 0.407 e. The van der Waals surface area contributed by atoms with Gasteiger partial charge in [0.1, 0.15) is 6.61 Å². The molecule has 0 saturated heterocycles. The zero-order valence-electron chi connectivity index (χ0n) is 16.2. The Kier molecular flexibility index (Phi) is 5.89. The molecule has 0 aromatic heterocycles. The summed E-state index contributed by atoms with van der Waals surface area (Å²) in [7, 11) is 0. The van der Waals surface area contributed by atoms with Gasteiger partial charge in [0, 0.05) is 18.0 Å². The highest BCUT2D eigenvalue weighted by atomic mass is 19.3. The first kappa shape index (κ1) is 19.8. The molecule has 1 aliphatic carbocycles. The number of hydrogen-bond acceptors (Lipinski definition) is 2. The van der Waals surface area contributed by atoms with Gasteiger partial charge < -0.3 is 10.1 Å². The van der Waals surface area contributed by atoms with Gasteiger partial charge in [-0.25, -0.2) is 13.6 Å². The topological polar surface area (TPSA) is 38.3 Å². The predicted octanol–water partition coefficient (Wildman–Crippen LogP) is 6.18. The monoisotopic (exact) mass is 405 g/mol. The SMILES string of the molecule is O=C(NCC=Cc1ccc(C(F)F)cc1)OCC1c2ccccc2-c2ccccc21. The Morgan fingerprint density at radius 3 is 2.13 bits per heavy atom. The largest absolute Gasteiger partial charge is 0.449 e. The lowest BCUT2D eigenvalue weighted by molar-refractivity contribution is 0.144. The third-order valence-corrected chi connectivity index (χ3v) is 5.21. The molecule has 3 aromatic rings. The minimum absolute atomic E-state index is 0.0103. The number of rotatable bonds is 6. The fourth-order valence-electron chi connectivity index (χ4n) is 3.74. The molecule has 0 atom stereocenters. The summed E-state index contributed by atoms with van der Waals surface area (Å²) in [6.07, 6.45) is 0.547. The van der Waals surface area contributed by atoms with Crippen molar-refractivity contribution in [2.75, 3.05) is 13.2 Å². The van der Waals surface area contributed by atoms with Crippen LogP contribution in [0.25, 0.3) is 17.2 Å². The molecule has 1 amide bonds. The molecule has 3 aromatic carbocycles. The Morgan fingerprint density at radius 1 is 0.933 bits per heavy atom. The van der Waals surface area contributed by atoms with Crippen molar-refractivity contribution >= 4 is 12.2 Å². The number of fused-ring (bicyclic) bond motifs is 3. The van der Waals surface area contributed by atoms with E-state index in [1.165, 1.54) is 34.4 Å². The van der Waals surface area contributed by atoms with Crippen molar-refractivity contribution in [3.63, 3.8) is 0 Å². The summed E-state index contributed by atoms with van der Waals surface area (Å²) in [5.74, 6) is 0.0204. The van der Waals surface area contributed by atoms with Crippen LogP contribution >= 0.6 is 0 Å². The number of amides is 1. The zero-order valence-corrected chi connectivity index (χ0v) is 16.2. The van der Waals surface area contributed by atoms with Crippen molar-refractivity contribution in [3.05, 3.63) is 101 Å². The first-order valence-corrected chi connectivity index (χ1v) is 9.77. The van der Waals surface area contributed by atoms with E-state index >= 15 is 0 Å². The van der Waals surface area contributed by atoms with Crippen LogP contribution < -0.4 is 5.32 Å². The molecule has 0 heterocycles. The van der Waals surface area contributed by atoms with Gasteiger partial charge in [-0.2, -0.15) is 0 Å². The molecular formula is C25H21F2NO2. The van der Waals surface area contributed by atoms with Crippen molar-refractivity contribution in [2.45, 2.75) is 12.3 Å². The molecule has 1 aliphatic rings. The Hall–Kier alpha value is -3.47. The molecule has 1 N–H and O–H groups in total. The fraction of sp³-hybridized carbons (Fsp3) is 0.160.